The van der Waals surface area contributed by atoms with Crippen molar-refractivity contribution in [3.05, 3.63) is 98.1 Å². The van der Waals surface area contributed by atoms with Crippen LogP contribution in [0.4, 0.5) is 11.4 Å². The van der Waals surface area contributed by atoms with E-state index in [4.69, 9.17) is 22.8 Å². The molecule has 48 heavy (non-hydrogen) atoms. The third kappa shape index (κ3) is 6.07. The van der Waals surface area contributed by atoms with Crippen LogP contribution in [0.2, 0.25) is 5.02 Å². The summed E-state index contributed by atoms with van der Waals surface area (Å²) in [5.74, 6) is 2.77. The van der Waals surface area contributed by atoms with Crippen molar-refractivity contribution >= 4 is 45.2 Å². The van der Waals surface area contributed by atoms with Crippen molar-refractivity contribution in [1.29, 1.82) is 5.26 Å². The van der Waals surface area contributed by atoms with Gasteiger partial charge in [-0.25, -0.2) is 0 Å². The van der Waals surface area contributed by atoms with Gasteiger partial charge in [-0.2, -0.15) is 5.26 Å². The number of rotatable bonds is 11. The molecule has 2 fully saturated rings. The minimum atomic E-state index is -0.149. The number of pyridine rings is 1. The minimum Gasteiger partial charge on any atom is -0.378 e. The van der Waals surface area contributed by atoms with E-state index in [-0.39, 0.29) is 12.1 Å². The third-order valence-electron chi connectivity index (χ3n) is 9.77. The van der Waals surface area contributed by atoms with E-state index in [1.807, 2.05) is 35.6 Å². The van der Waals surface area contributed by atoms with Crippen LogP contribution in [0.15, 0.2) is 65.9 Å². The Labute approximate surface area is 289 Å². The Balaban J connectivity index is 1.17. The Morgan fingerprint density at radius 1 is 1.17 bits per heavy atom. The second-order valence-corrected chi connectivity index (χ2v) is 14.3. The van der Waals surface area contributed by atoms with Crippen molar-refractivity contribution in [2.24, 2.45) is 0 Å². The maximum atomic E-state index is 10.2. The molecule has 11 heteroatoms. The maximum Gasteiger partial charge on any atom is 0.103 e. The number of halogens is 1. The Kier molecular flexibility index (Phi) is 8.60. The summed E-state index contributed by atoms with van der Waals surface area (Å²) < 4.78 is 5.49. The number of thiophene rings is 1. The van der Waals surface area contributed by atoms with Crippen molar-refractivity contribution in [3.63, 3.8) is 0 Å². The highest BCUT2D eigenvalue weighted by atomic mass is 35.5. The van der Waals surface area contributed by atoms with E-state index in [2.05, 4.69) is 78.3 Å². The largest absolute Gasteiger partial charge is 0.378 e. The first-order valence-electron chi connectivity index (χ1n) is 16.6. The molecule has 8 rings (SSSR count). The first kappa shape index (κ1) is 31.0. The predicted octanol–water partition coefficient (Wildman–Crippen LogP) is 6.63. The van der Waals surface area contributed by atoms with Crippen molar-refractivity contribution in [2.75, 3.05) is 30.4 Å². The molecule has 0 radical (unpaired) electrons. The van der Waals surface area contributed by atoms with E-state index >= 15 is 0 Å². The summed E-state index contributed by atoms with van der Waals surface area (Å²) in [4.78, 5) is 8.60. The predicted molar refractivity (Wildman–Crippen MR) is 191 cm³/mol. The topological polar surface area (TPSA) is 101 Å². The Hall–Kier alpha value is -4.29. The summed E-state index contributed by atoms with van der Waals surface area (Å²) in [6, 6.07) is 17.3. The number of ether oxygens (including phenoxy) is 1. The van der Waals surface area contributed by atoms with Crippen LogP contribution in [-0.2, 0) is 17.7 Å². The van der Waals surface area contributed by atoms with E-state index in [1.165, 1.54) is 28.8 Å². The van der Waals surface area contributed by atoms with Gasteiger partial charge in [0.05, 0.1) is 58.8 Å². The SMILES string of the molecule is C#CCC[C@@H](Nc1c(C#N)cnc2c(Cl)cc(N[C@H](C3=CN(C4CC4)NN3)c3csc4c3CCN(C3COC3)C4)cc12)c1ccccc1. The van der Waals surface area contributed by atoms with E-state index in [0.29, 0.717) is 46.7 Å². The quantitative estimate of drug-likeness (QED) is 0.131. The van der Waals surface area contributed by atoms with Crippen LogP contribution in [0.1, 0.15) is 64.9 Å². The van der Waals surface area contributed by atoms with E-state index in [0.717, 1.165) is 55.1 Å². The van der Waals surface area contributed by atoms with Gasteiger partial charge in [0.2, 0.25) is 0 Å². The number of fused-ring (bicyclic) bond motifs is 2. The Bertz CT molecular complexity index is 1940. The molecule has 3 aliphatic heterocycles. The zero-order valence-electron chi connectivity index (χ0n) is 26.5. The van der Waals surface area contributed by atoms with Crippen molar-refractivity contribution in [3.8, 4) is 18.4 Å². The molecule has 0 unspecified atom stereocenters. The fourth-order valence-corrected chi connectivity index (χ4v) is 8.30. The van der Waals surface area contributed by atoms with Gasteiger partial charge in [-0.1, -0.05) is 41.9 Å². The molecule has 2 atom stereocenters. The highest BCUT2D eigenvalue weighted by Gasteiger charge is 2.35. The molecule has 9 nitrogen and oxygen atoms in total. The normalized spacial score (nSPS) is 19.0. The fraction of sp³-hybridized carbons (Fsp3) is 0.351. The molecule has 2 aromatic carbocycles. The first-order valence-corrected chi connectivity index (χ1v) is 17.8. The van der Waals surface area contributed by atoms with Crippen LogP contribution in [0.5, 0.6) is 0 Å². The second kappa shape index (κ2) is 13.3. The number of anilines is 2. The van der Waals surface area contributed by atoms with Gasteiger partial charge in [-0.3, -0.25) is 14.9 Å². The van der Waals surface area contributed by atoms with Crippen LogP contribution in [0, 0.1) is 23.7 Å². The standard InChI is InChI=1S/C37H37ClN8OS/c1-2-3-9-32(23-7-5-4-6-8-23)42-35-24(16-39)17-40-36-29(35)14-25(15-31(36)38)41-37(33-18-46(44-43-33)26-10-11-26)30-22-48-34-19-45(13-12-28(30)34)27-20-47-21-27/h1,4-8,14-15,17-18,22,26-27,32,37,41,43-44H,3,9-13,19-21H2,(H,40,42)/t32-,37+/m1/s1. The molecular weight excluding hydrogens is 640 g/mol. The molecule has 0 amide bonds. The number of hydrogen-bond donors (Lipinski definition) is 4. The van der Waals surface area contributed by atoms with Crippen molar-refractivity contribution in [2.45, 2.75) is 62.8 Å². The summed E-state index contributed by atoms with van der Waals surface area (Å²) in [5, 5.41) is 23.5. The maximum absolute atomic E-state index is 10.2. The van der Waals surface area contributed by atoms with E-state index < -0.39 is 0 Å². The zero-order valence-corrected chi connectivity index (χ0v) is 28.1. The summed E-state index contributed by atoms with van der Waals surface area (Å²) in [5.41, 5.74) is 14.3. The Morgan fingerprint density at radius 2 is 2.02 bits per heavy atom. The average molecular weight is 677 g/mol. The number of nitrogens with one attached hydrogen (secondary N) is 4. The summed E-state index contributed by atoms with van der Waals surface area (Å²) in [7, 11) is 0. The molecule has 0 bridgehead atoms. The van der Waals surface area contributed by atoms with Crippen LogP contribution in [0.25, 0.3) is 10.9 Å². The molecule has 1 saturated carbocycles. The third-order valence-corrected chi connectivity index (χ3v) is 11.1. The second-order valence-electron chi connectivity index (χ2n) is 12.9. The lowest BCUT2D eigenvalue weighted by Gasteiger charge is -2.39. The van der Waals surface area contributed by atoms with E-state index in [9.17, 15) is 5.26 Å². The van der Waals surface area contributed by atoms with E-state index in [1.54, 1.807) is 6.20 Å². The van der Waals surface area contributed by atoms with Gasteiger partial charge in [-0.05, 0) is 59.9 Å². The molecule has 1 saturated heterocycles. The molecule has 4 aliphatic rings. The number of terminal acetylenes is 1. The van der Waals surface area contributed by atoms with Gasteiger partial charge < -0.3 is 20.8 Å². The summed E-state index contributed by atoms with van der Waals surface area (Å²) in [6.45, 7) is 3.64. The zero-order chi connectivity index (χ0) is 32.6. The van der Waals surface area contributed by atoms with Gasteiger partial charge in [0.25, 0.3) is 0 Å². The highest BCUT2D eigenvalue weighted by molar-refractivity contribution is 7.10. The van der Waals surface area contributed by atoms with Crippen LogP contribution < -0.4 is 21.6 Å². The number of aromatic nitrogens is 1. The molecule has 5 heterocycles. The van der Waals surface area contributed by atoms with Crippen molar-refractivity contribution in [1.82, 2.24) is 25.9 Å². The fourth-order valence-electron chi connectivity index (χ4n) is 6.88. The van der Waals surface area contributed by atoms with Gasteiger partial charge in [0, 0.05) is 53.9 Å². The molecule has 4 N–H and O–H groups in total. The molecule has 1 aliphatic carbocycles. The summed E-state index contributed by atoms with van der Waals surface area (Å²) in [6.07, 6.45) is 14.1. The molecule has 4 aromatic rings. The van der Waals surface area contributed by atoms with Gasteiger partial charge in [0.15, 0.2) is 0 Å². The smallest absolute Gasteiger partial charge is 0.103 e. The highest BCUT2D eigenvalue weighted by Crippen LogP contribution is 2.41. The lowest BCUT2D eigenvalue weighted by atomic mass is 9.95. The molecule has 244 valence electrons. The van der Waals surface area contributed by atoms with Crippen LogP contribution in [0.3, 0.4) is 0 Å². The van der Waals surface area contributed by atoms with Gasteiger partial charge in [-0.15, -0.1) is 29.2 Å². The monoisotopic (exact) mass is 676 g/mol. The average Bonchev–Trinajstić information content (AvgIpc) is 3.67. The summed E-state index contributed by atoms with van der Waals surface area (Å²) >= 11 is 8.83. The molecule has 2 aromatic heterocycles. The Morgan fingerprint density at radius 3 is 2.77 bits per heavy atom. The lowest BCUT2D eigenvalue weighted by molar-refractivity contribution is -0.0691. The minimum absolute atomic E-state index is 0.0983. The first-order chi connectivity index (χ1) is 23.6. The number of nitriles is 1. The number of nitrogens with zero attached hydrogens (tertiary/aromatic N) is 4. The number of hydrogen-bond acceptors (Lipinski definition) is 10. The number of hydrazine groups is 2. The number of benzene rings is 2. The lowest BCUT2D eigenvalue weighted by Crippen LogP contribution is -2.50. The molecule has 0 spiro atoms. The van der Waals surface area contributed by atoms with Gasteiger partial charge in [0.1, 0.15) is 6.07 Å². The van der Waals surface area contributed by atoms with Crippen LogP contribution in [-0.4, -0.2) is 46.7 Å². The van der Waals surface area contributed by atoms with Crippen molar-refractivity contribution < 1.29 is 4.74 Å². The van der Waals surface area contributed by atoms with Crippen LogP contribution >= 0.6 is 22.9 Å². The van der Waals surface area contributed by atoms with Gasteiger partial charge >= 0.3 is 0 Å². The molecular formula is C37H37ClN8OS.